The Morgan fingerprint density at radius 2 is 0.643 bits per heavy atom. The quantitative estimate of drug-likeness (QED) is 0.345. The second-order valence-electron chi connectivity index (χ2n) is 9.07. The molecule has 0 heterocycles. The smallest absolute Gasteiger partial charge is 0.382 e. The molecule has 0 saturated carbocycles. The fourth-order valence-electron chi connectivity index (χ4n) is 4.51. The van der Waals surface area contributed by atoms with E-state index < -0.39 is 23.9 Å². The van der Waals surface area contributed by atoms with Crippen LogP contribution in [0.3, 0.4) is 0 Å². The minimum Gasteiger partial charge on any atom is -0.472 e. The Balaban J connectivity index is 2.34. The van der Waals surface area contributed by atoms with Crippen LogP contribution in [0, 0.1) is 75.1 Å². The maximum absolute atomic E-state index is 11.0. The molecule has 0 spiro atoms. The summed E-state index contributed by atoms with van der Waals surface area (Å²) in [6.07, 6.45) is 0. The highest BCUT2D eigenvalue weighted by atomic mass is 16.4. The highest BCUT2D eigenvalue weighted by Crippen LogP contribution is 2.40. The van der Waals surface area contributed by atoms with Crippen LogP contribution < -0.4 is 0 Å². The molecule has 4 N–H and O–H groups in total. The fourth-order valence-corrected chi connectivity index (χ4v) is 4.51. The summed E-state index contributed by atoms with van der Waals surface area (Å²) in [5.74, 6) is 13.3. The molecule has 0 aliphatic heterocycles. The summed E-state index contributed by atoms with van der Waals surface area (Å²) < 4.78 is 0. The van der Waals surface area contributed by atoms with Gasteiger partial charge in [-0.2, -0.15) is 0 Å². The molecule has 0 radical (unpaired) electrons. The lowest BCUT2D eigenvalue weighted by molar-refractivity contribution is -0.131. The molecule has 0 bridgehead atoms. The van der Waals surface area contributed by atoms with Crippen LogP contribution in [0.15, 0.2) is 36.4 Å². The van der Waals surface area contributed by atoms with Gasteiger partial charge in [0.15, 0.2) is 0 Å². The van der Waals surface area contributed by atoms with Gasteiger partial charge in [0.05, 0.1) is 0 Å². The molecule has 0 amide bonds. The number of benzene rings is 3. The van der Waals surface area contributed by atoms with Crippen LogP contribution >= 0.6 is 0 Å². The molecule has 206 valence electrons. The van der Waals surface area contributed by atoms with E-state index in [9.17, 15) is 19.2 Å². The Bertz CT molecular complexity index is 1680. The standard InChI is InChI=1S/C34H22O8/c1-19-20(2)34(28-17-25(7-11-31(39)40)14-26(18-28)8-12-32(41)42)22(4)21(3)33(19)27-15-23(5-9-29(35)36)13-24(16-27)6-10-30(37)38/h13-18H,1-4H3,(H,35,36)(H,37,38)(H,39,40)(H,41,42). The molecule has 0 fully saturated rings. The van der Waals surface area contributed by atoms with Gasteiger partial charge in [0.1, 0.15) is 0 Å². The number of carboxylic acid groups (broad SMARTS) is 4. The van der Waals surface area contributed by atoms with E-state index in [-0.39, 0.29) is 0 Å². The largest absolute Gasteiger partial charge is 0.472 e. The zero-order valence-corrected chi connectivity index (χ0v) is 22.9. The zero-order chi connectivity index (χ0) is 31.1. The van der Waals surface area contributed by atoms with Crippen LogP contribution in [0.2, 0.25) is 0 Å². The highest BCUT2D eigenvalue weighted by Gasteiger charge is 2.19. The first-order chi connectivity index (χ1) is 19.8. The van der Waals surface area contributed by atoms with Gasteiger partial charge in [-0.15, -0.1) is 0 Å². The van der Waals surface area contributed by atoms with Gasteiger partial charge in [0.2, 0.25) is 0 Å². The number of carboxylic acids is 4. The zero-order valence-electron chi connectivity index (χ0n) is 22.9. The fraction of sp³-hybridized carbons (Fsp3) is 0.118. The van der Waals surface area contributed by atoms with Crippen molar-refractivity contribution in [3.05, 3.63) is 80.9 Å². The van der Waals surface area contributed by atoms with E-state index in [1.807, 2.05) is 27.7 Å². The Morgan fingerprint density at radius 1 is 0.429 bits per heavy atom. The summed E-state index contributed by atoms with van der Waals surface area (Å²) in [5.41, 5.74) is 7.74. The monoisotopic (exact) mass is 558 g/mol. The van der Waals surface area contributed by atoms with Crippen molar-refractivity contribution in [1.82, 2.24) is 0 Å². The van der Waals surface area contributed by atoms with Crippen molar-refractivity contribution in [1.29, 1.82) is 0 Å². The second-order valence-corrected chi connectivity index (χ2v) is 9.07. The molecule has 8 heteroatoms. The average Bonchev–Trinajstić information content (AvgIpc) is 2.92. The molecular formula is C34H22O8. The van der Waals surface area contributed by atoms with Gasteiger partial charge in [-0.3, -0.25) is 0 Å². The number of carbonyl (C=O) groups is 4. The van der Waals surface area contributed by atoms with Crippen LogP contribution in [0.25, 0.3) is 22.3 Å². The Hall–Kier alpha value is -6.22. The summed E-state index contributed by atoms with van der Waals surface area (Å²) in [7, 11) is 0. The van der Waals surface area contributed by atoms with E-state index in [2.05, 4.69) is 47.4 Å². The SMILES string of the molecule is Cc1c(C)c(-c2cc(C#CC(=O)O)cc(C#CC(=O)O)c2)c(C)c(C)c1-c1cc(C#CC(=O)O)cc(C#CC(=O)O)c1. The third-order valence-corrected chi connectivity index (χ3v) is 6.32. The molecule has 0 aromatic heterocycles. The number of aliphatic carboxylic acids is 4. The molecule has 0 unspecified atom stereocenters. The lowest BCUT2D eigenvalue weighted by Gasteiger charge is -2.22. The molecular weight excluding hydrogens is 536 g/mol. The first-order valence-corrected chi connectivity index (χ1v) is 12.2. The average molecular weight is 559 g/mol. The predicted molar refractivity (Wildman–Crippen MR) is 154 cm³/mol. The van der Waals surface area contributed by atoms with Crippen LogP contribution in [0.4, 0.5) is 0 Å². The van der Waals surface area contributed by atoms with Crippen molar-refractivity contribution < 1.29 is 39.6 Å². The first kappa shape index (κ1) is 30.3. The van der Waals surface area contributed by atoms with E-state index in [4.69, 9.17) is 20.4 Å². The van der Waals surface area contributed by atoms with Crippen LogP contribution in [0.1, 0.15) is 44.5 Å². The Morgan fingerprint density at radius 3 is 0.833 bits per heavy atom. The lowest BCUT2D eigenvalue weighted by Crippen LogP contribution is -2.01. The summed E-state index contributed by atoms with van der Waals surface area (Å²) in [6.45, 7) is 7.60. The lowest BCUT2D eigenvalue weighted by atomic mass is 9.82. The molecule has 0 aliphatic rings. The third-order valence-electron chi connectivity index (χ3n) is 6.32. The number of hydrogen-bond acceptors (Lipinski definition) is 4. The molecule has 3 aromatic rings. The number of rotatable bonds is 2. The molecule has 0 saturated heterocycles. The van der Waals surface area contributed by atoms with Gasteiger partial charge in [0.25, 0.3) is 0 Å². The summed E-state index contributed by atoms with van der Waals surface area (Å²) in [5, 5.41) is 36.1. The van der Waals surface area contributed by atoms with Gasteiger partial charge in [-0.05, 0) is 109 Å². The molecule has 3 aromatic carbocycles. The normalized spacial score (nSPS) is 9.43. The molecule has 3 rings (SSSR count). The molecule has 42 heavy (non-hydrogen) atoms. The van der Waals surface area contributed by atoms with E-state index in [1.165, 1.54) is 12.1 Å². The van der Waals surface area contributed by atoms with Crippen molar-refractivity contribution in [3.8, 4) is 69.6 Å². The minimum absolute atomic E-state index is 0.342. The molecule has 8 nitrogen and oxygen atoms in total. The maximum atomic E-state index is 11.0. The summed E-state index contributed by atoms with van der Waals surface area (Å²) in [4.78, 5) is 44.2. The Kier molecular flexibility index (Phi) is 9.21. The second kappa shape index (κ2) is 12.8. The van der Waals surface area contributed by atoms with Gasteiger partial charge in [-0.25, -0.2) is 19.2 Å². The van der Waals surface area contributed by atoms with Crippen molar-refractivity contribution >= 4 is 23.9 Å². The van der Waals surface area contributed by atoms with Gasteiger partial charge >= 0.3 is 23.9 Å². The minimum atomic E-state index is -1.32. The summed E-state index contributed by atoms with van der Waals surface area (Å²) in [6, 6.07) is 9.85. The van der Waals surface area contributed by atoms with Crippen LogP contribution in [-0.4, -0.2) is 44.3 Å². The van der Waals surface area contributed by atoms with E-state index in [1.54, 1.807) is 24.3 Å². The highest BCUT2D eigenvalue weighted by molar-refractivity contribution is 5.90. The van der Waals surface area contributed by atoms with Crippen molar-refractivity contribution in [2.24, 2.45) is 0 Å². The van der Waals surface area contributed by atoms with Crippen molar-refractivity contribution in [3.63, 3.8) is 0 Å². The van der Waals surface area contributed by atoms with Crippen LogP contribution in [0.5, 0.6) is 0 Å². The first-order valence-electron chi connectivity index (χ1n) is 12.2. The van der Waals surface area contributed by atoms with Gasteiger partial charge < -0.3 is 20.4 Å². The van der Waals surface area contributed by atoms with Gasteiger partial charge in [-0.1, -0.05) is 23.7 Å². The maximum Gasteiger partial charge on any atom is 0.382 e. The van der Waals surface area contributed by atoms with Crippen LogP contribution in [-0.2, 0) is 19.2 Å². The summed E-state index contributed by atoms with van der Waals surface area (Å²) >= 11 is 0. The Labute approximate surface area is 241 Å². The van der Waals surface area contributed by atoms with E-state index in [0.717, 1.165) is 33.4 Å². The van der Waals surface area contributed by atoms with Gasteiger partial charge in [0, 0.05) is 45.9 Å². The van der Waals surface area contributed by atoms with Crippen molar-refractivity contribution in [2.45, 2.75) is 27.7 Å². The van der Waals surface area contributed by atoms with Crippen molar-refractivity contribution in [2.75, 3.05) is 0 Å². The molecule has 0 aliphatic carbocycles. The third kappa shape index (κ3) is 7.45. The number of hydrogen-bond donors (Lipinski definition) is 4. The topological polar surface area (TPSA) is 149 Å². The van der Waals surface area contributed by atoms with E-state index >= 15 is 0 Å². The molecule has 0 atom stereocenters. The van der Waals surface area contributed by atoms with E-state index in [0.29, 0.717) is 33.4 Å². The predicted octanol–water partition coefficient (Wildman–Crippen LogP) is 4.00.